The molecule has 102 valence electrons. The molecule has 0 radical (unpaired) electrons. The van der Waals surface area contributed by atoms with Gasteiger partial charge in [0, 0.05) is 24.7 Å². The van der Waals surface area contributed by atoms with Gasteiger partial charge in [0.1, 0.15) is 11.9 Å². The van der Waals surface area contributed by atoms with E-state index < -0.39 is 0 Å². The van der Waals surface area contributed by atoms with E-state index in [0.29, 0.717) is 5.02 Å². The molecule has 0 amide bonds. The zero-order valence-corrected chi connectivity index (χ0v) is 12.2. The number of hydrogen-bond acceptors (Lipinski definition) is 3. The zero-order chi connectivity index (χ0) is 13.4. The van der Waals surface area contributed by atoms with Gasteiger partial charge < -0.3 is 15.0 Å². The molecule has 0 saturated carbocycles. The lowest BCUT2D eigenvalue weighted by atomic mass is 10.3. The Labute approximate surface area is 115 Å². The molecule has 0 aliphatic rings. The molecule has 1 N–H and O–H groups in total. The summed E-state index contributed by atoms with van der Waals surface area (Å²) in [6, 6.07) is 7.53. The summed E-state index contributed by atoms with van der Waals surface area (Å²) in [5.41, 5.74) is 0. The summed E-state index contributed by atoms with van der Waals surface area (Å²) < 4.78 is 5.83. The topological polar surface area (TPSA) is 24.5 Å². The predicted octanol–water partition coefficient (Wildman–Crippen LogP) is 2.65. The molecule has 1 aromatic carbocycles. The van der Waals surface area contributed by atoms with Crippen LogP contribution in [0.15, 0.2) is 24.3 Å². The van der Waals surface area contributed by atoms with E-state index in [2.05, 4.69) is 31.1 Å². The molecular weight excluding hydrogens is 248 g/mol. The number of hydrogen-bond donors (Lipinski definition) is 1. The molecule has 0 spiro atoms. The second-order valence-electron chi connectivity index (χ2n) is 4.50. The molecule has 0 saturated heterocycles. The van der Waals surface area contributed by atoms with Crippen molar-refractivity contribution in [2.75, 3.05) is 33.2 Å². The molecular formula is C14H23ClN2O. The van der Waals surface area contributed by atoms with E-state index in [-0.39, 0.29) is 6.10 Å². The fraction of sp³-hybridized carbons (Fsp3) is 0.571. The molecule has 0 aliphatic carbocycles. The summed E-state index contributed by atoms with van der Waals surface area (Å²) in [4.78, 5) is 2.26. The molecule has 1 atom stereocenters. The van der Waals surface area contributed by atoms with Crippen molar-refractivity contribution in [3.8, 4) is 5.75 Å². The summed E-state index contributed by atoms with van der Waals surface area (Å²) in [5.74, 6) is 0.829. The number of nitrogens with zero attached hydrogens (tertiary/aromatic N) is 1. The second kappa shape index (κ2) is 8.35. The van der Waals surface area contributed by atoms with Gasteiger partial charge in [0.2, 0.25) is 0 Å². The Morgan fingerprint density at radius 3 is 2.89 bits per heavy atom. The van der Waals surface area contributed by atoms with Crippen molar-refractivity contribution in [2.45, 2.75) is 20.0 Å². The smallest absolute Gasteiger partial charge is 0.121 e. The minimum Gasteiger partial charge on any atom is -0.489 e. The van der Waals surface area contributed by atoms with Crippen molar-refractivity contribution in [2.24, 2.45) is 0 Å². The van der Waals surface area contributed by atoms with Crippen LogP contribution in [0.2, 0.25) is 5.02 Å². The number of halogens is 1. The number of likely N-dealkylation sites (N-methyl/N-ethyl adjacent to an activating group) is 2. The average molecular weight is 271 g/mol. The molecule has 1 rings (SSSR count). The quantitative estimate of drug-likeness (QED) is 0.735. The maximum Gasteiger partial charge on any atom is 0.121 e. The van der Waals surface area contributed by atoms with Crippen LogP contribution in [0.5, 0.6) is 5.75 Å². The molecule has 0 aliphatic heterocycles. The Balaban J connectivity index is 2.30. The lowest BCUT2D eigenvalue weighted by Crippen LogP contribution is -2.35. The molecule has 0 heterocycles. The van der Waals surface area contributed by atoms with Crippen molar-refractivity contribution in [3.63, 3.8) is 0 Å². The van der Waals surface area contributed by atoms with Gasteiger partial charge in [-0.1, -0.05) is 24.6 Å². The number of ether oxygens (including phenoxy) is 1. The van der Waals surface area contributed by atoms with Gasteiger partial charge in [-0.25, -0.2) is 0 Å². The molecule has 4 heteroatoms. The van der Waals surface area contributed by atoms with E-state index >= 15 is 0 Å². The maximum absolute atomic E-state index is 5.92. The first-order valence-electron chi connectivity index (χ1n) is 6.43. The fourth-order valence-corrected chi connectivity index (χ4v) is 1.97. The largest absolute Gasteiger partial charge is 0.489 e. The van der Waals surface area contributed by atoms with Crippen LogP contribution in [0.25, 0.3) is 0 Å². The summed E-state index contributed by atoms with van der Waals surface area (Å²) in [7, 11) is 2.11. The fourth-order valence-electron chi connectivity index (χ4n) is 1.79. The van der Waals surface area contributed by atoms with Crippen LogP contribution < -0.4 is 10.1 Å². The maximum atomic E-state index is 5.92. The van der Waals surface area contributed by atoms with Gasteiger partial charge >= 0.3 is 0 Å². The predicted molar refractivity (Wildman–Crippen MR) is 77.6 cm³/mol. The molecule has 0 fully saturated rings. The first-order chi connectivity index (χ1) is 8.61. The first kappa shape index (κ1) is 15.3. The Morgan fingerprint density at radius 2 is 2.22 bits per heavy atom. The van der Waals surface area contributed by atoms with E-state index in [4.69, 9.17) is 16.3 Å². The van der Waals surface area contributed by atoms with Crippen LogP contribution in [-0.2, 0) is 0 Å². The summed E-state index contributed by atoms with van der Waals surface area (Å²) in [6.45, 7) is 8.14. The Morgan fingerprint density at radius 1 is 1.44 bits per heavy atom. The Bertz CT molecular complexity index is 346. The zero-order valence-electron chi connectivity index (χ0n) is 11.4. The van der Waals surface area contributed by atoms with Gasteiger partial charge in [-0.3, -0.25) is 0 Å². The van der Waals surface area contributed by atoms with Crippen LogP contribution in [0.4, 0.5) is 0 Å². The summed E-state index contributed by atoms with van der Waals surface area (Å²) >= 11 is 5.92. The van der Waals surface area contributed by atoms with Gasteiger partial charge in [-0.05, 0) is 38.7 Å². The first-order valence-corrected chi connectivity index (χ1v) is 6.81. The van der Waals surface area contributed by atoms with Crippen LogP contribution >= 0.6 is 11.6 Å². The van der Waals surface area contributed by atoms with Crippen molar-refractivity contribution >= 4 is 11.6 Å². The van der Waals surface area contributed by atoms with E-state index in [1.807, 2.05) is 24.3 Å². The van der Waals surface area contributed by atoms with E-state index in [1.165, 1.54) is 0 Å². The van der Waals surface area contributed by atoms with Crippen LogP contribution in [0, 0.1) is 0 Å². The van der Waals surface area contributed by atoms with Crippen molar-refractivity contribution < 1.29 is 4.74 Å². The minimum atomic E-state index is 0.148. The molecule has 1 aromatic rings. The van der Waals surface area contributed by atoms with Gasteiger partial charge in [0.15, 0.2) is 0 Å². The lowest BCUT2D eigenvalue weighted by Gasteiger charge is -2.22. The third-order valence-electron chi connectivity index (χ3n) is 2.62. The van der Waals surface area contributed by atoms with Gasteiger partial charge in [-0.2, -0.15) is 0 Å². The van der Waals surface area contributed by atoms with Crippen LogP contribution in [0.3, 0.4) is 0 Å². The highest BCUT2D eigenvalue weighted by atomic mass is 35.5. The molecule has 3 nitrogen and oxygen atoms in total. The van der Waals surface area contributed by atoms with E-state index in [0.717, 1.165) is 31.9 Å². The number of rotatable bonds is 8. The summed E-state index contributed by atoms with van der Waals surface area (Å²) in [5, 5.41) is 4.02. The average Bonchev–Trinajstić information content (AvgIpc) is 2.29. The monoisotopic (exact) mass is 270 g/mol. The van der Waals surface area contributed by atoms with Gasteiger partial charge in [0.25, 0.3) is 0 Å². The third-order valence-corrected chi connectivity index (χ3v) is 2.86. The normalized spacial score (nSPS) is 12.7. The second-order valence-corrected chi connectivity index (χ2v) is 4.94. The Kier molecular flexibility index (Phi) is 7.09. The van der Waals surface area contributed by atoms with Gasteiger partial charge in [-0.15, -0.1) is 0 Å². The standard InChI is InChI=1S/C14H23ClN2O/c1-4-16-8-9-17(3)11-12(2)18-14-7-5-6-13(15)10-14/h5-7,10,12,16H,4,8-9,11H2,1-3H3. The molecule has 1 unspecified atom stereocenters. The highest BCUT2D eigenvalue weighted by Crippen LogP contribution is 2.18. The van der Waals surface area contributed by atoms with Crippen molar-refractivity contribution in [1.82, 2.24) is 10.2 Å². The van der Waals surface area contributed by atoms with E-state index in [9.17, 15) is 0 Å². The minimum absolute atomic E-state index is 0.148. The number of nitrogens with one attached hydrogen (secondary N) is 1. The highest BCUT2D eigenvalue weighted by molar-refractivity contribution is 6.30. The van der Waals surface area contributed by atoms with Crippen molar-refractivity contribution in [3.05, 3.63) is 29.3 Å². The lowest BCUT2D eigenvalue weighted by molar-refractivity contribution is 0.163. The molecule has 18 heavy (non-hydrogen) atoms. The van der Waals surface area contributed by atoms with Crippen molar-refractivity contribution in [1.29, 1.82) is 0 Å². The van der Waals surface area contributed by atoms with Crippen LogP contribution in [0.1, 0.15) is 13.8 Å². The molecule has 0 bridgehead atoms. The van der Waals surface area contributed by atoms with Gasteiger partial charge in [0.05, 0.1) is 0 Å². The Hall–Kier alpha value is -0.770. The van der Waals surface area contributed by atoms with Crippen LogP contribution in [-0.4, -0.2) is 44.2 Å². The SMILES string of the molecule is CCNCCN(C)CC(C)Oc1cccc(Cl)c1. The number of benzene rings is 1. The molecule has 0 aromatic heterocycles. The third kappa shape index (κ3) is 6.24. The highest BCUT2D eigenvalue weighted by Gasteiger charge is 2.07. The van der Waals surface area contributed by atoms with E-state index in [1.54, 1.807) is 0 Å². The summed E-state index contributed by atoms with van der Waals surface area (Å²) in [6.07, 6.45) is 0.148.